The topological polar surface area (TPSA) is 201 Å². The first kappa shape index (κ1) is 18.9. The van der Waals surface area contributed by atoms with Gasteiger partial charge in [-0.1, -0.05) is 0 Å². The van der Waals surface area contributed by atoms with Crippen molar-refractivity contribution < 1.29 is 55.4 Å². The van der Waals surface area contributed by atoms with E-state index < -0.39 is 73.9 Å². The van der Waals surface area contributed by atoms with Gasteiger partial charge in [0.1, 0.15) is 61.0 Å². The van der Waals surface area contributed by atoms with Crippen LogP contribution in [0.1, 0.15) is 0 Å². The number of aliphatic hydroxyl groups is 9. The van der Waals surface area contributed by atoms with Crippen molar-refractivity contribution in [1.29, 1.82) is 0 Å². The van der Waals surface area contributed by atoms with Crippen LogP contribution in [0.4, 0.5) is 0 Å². The largest absolute Gasteiger partial charge is 0.394 e. The zero-order chi connectivity index (χ0) is 17.5. The molecule has 2 aliphatic rings. The zero-order valence-corrected chi connectivity index (χ0v) is 11.9. The van der Waals surface area contributed by atoms with E-state index in [4.69, 9.17) is 14.6 Å². The highest BCUT2D eigenvalue weighted by Crippen LogP contribution is 2.29. The minimum Gasteiger partial charge on any atom is -0.394 e. The monoisotopic (exact) mass is 342 g/mol. The molecule has 23 heavy (non-hydrogen) atoms. The Morgan fingerprint density at radius 1 is 0.609 bits per heavy atom. The third-order valence-electron chi connectivity index (χ3n) is 4.21. The summed E-state index contributed by atoms with van der Waals surface area (Å²) in [5.41, 5.74) is 0. The molecule has 0 spiro atoms. The van der Waals surface area contributed by atoms with Gasteiger partial charge in [0, 0.05) is 0 Å². The second-order valence-corrected chi connectivity index (χ2v) is 5.75. The summed E-state index contributed by atoms with van der Waals surface area (Å²) in [6.07, 6.45) is -18.9. The molecule has 0 bridgehead atoms. The zero-order valence-electron chi connectivity index (χ0n) is 11.9. The molecular weight excluding hydrogens is 320 g/mol. The van der Waals surface area contributed by atoms with Crippen LogP contribution in [0.25, 0.3) is 0 Å². The fourth-order valence-corrected chi connectivity index (χ4v) is 2.69. The third kappa shape index (κ3) is 3.36. The molecule has 0 amide bonds. The van der Waals surface area contributed by atoms with Crippen LogP contribution < -0.4 is 0 Å². The number of hydrogen-bond donors (Lipinski definition) is 9. The summed E-state index contributed by atoms with van der Waals surface area (Å²) < 4.78 is 10.2. The van der Waals surface area contributed by atoms with E-state index in [1.54, 1.807) is 0 Å². The maximum Gasteiger partial charge on any atom is 0.187 e. The molecule has 1 saturated carbocycles. The normalized spacial score (nSPS) is 54.9. The lowest BCUT2D eigenvalue weighted by Gasteiger charge is -2.45. The molecule has 2 rings (SSSR count). The Balaban J connectivity index is 2.13. The molecule has 1 heterocycles. The van der Waals surface area contributed by atoms with Crippen molar-refractivity contribution in [2.45, 2.75) is 67.3 Å². The third-order valence-corrected chi connectivity index (χ3v) is 4.21. The van der Waals surface area contributed by atoms with Crippen LogP contribution in [0.15, 0.2) is 0 Å². The first-order valence-corrected chi connectivity index (χ1v) is 7.07. The molecule has 1 aliphatic heterocycles. The fraction of sp³-hybridized carbons (Fsp3) is 1.00. The van der Waals surface area contributed by atoms with Gasteiger partial charge in [0.05, 0.1) is 6.61 Å². The Labute approximate surface area is 130 Å². The summed E-state index contributed by atoms with van der Waals surface area (Å²) in [4.78, 5) is 0. The lowest BCUT2D eigenvalue weighted by molar-refractivity contribution is -0.339. The maximum absolute atomic E-state index is 9.85. The first-order valence-electron chi connectivity index (χ1n) is 7.07. The lowest BCUT2D eigenvalue weighted by Crippen LogP contribution is -2.67. The van der Waals surface area contributed by atoms with Gasteiger partial charge in [-0.25, -0.2) is 0 Å². The van der Waals surface area contributed by atoms with Crippen LogP contribution in [0.5, 0.6) is 0 Å². The Bertz CT molecular complexity index is 377. The summed E-state index contributed by atoms with van der Waals surface area (Å²) >= 11 is 0. The quantitative estimate of drug-likeness (QED) is 0.236. The smallest absolute Gasteiger partial charge is 0.187 e. The van der Waals surface area contributed by atoms with E-state index in [1.807, 2.05) is 0 Å². The molecule has 136 valence electrons. The fourth-order valence-electron chi connectivity index (χ4n) is 2.69. The molecule has 1 aliphatic carbocycles. The second-order valence-electron chi connectivity index (χ2n) is 5.75. The molecule has 0 radical (unpaired) electrons. The Hall–Kier alpha value is -0.440. The van der Waals surface area contributed by atoms with Gasteiger partial charge in [-0.2, -0.15) is 0 Å². The van der Waals surface area contributed by atoms with Crippen molar-refractivity contribution in [2.75, 3.05) is 6.61 Å². The average Bonchev–Trinajstić information content (AvgIpc) is 2.54. The molecule has 11 heteroatoms. The second kappa shape index (κ2) is 7.21. The number of ether oxygens (including phenoxy) is 2. The molecule has 1 saturated heterocycles. The highest BCUT2D eigenvalue weighted by atomic mass is 16.7. The van der Waals surface area contributed by atoms with E-state index in [-0.39, 0.29) is 0 Å². The summed E-state index contributed by atoms with van der Waals surface area (Å²) in [5.74, 6) is 0. The summed E-state index contributed by atoms with van der Waals surface area (Å²) in [7, 11) is 0. The van der Waals surface area contributed by atoms with Crippen LogP contribution in [0.3, 0.4) is 0 Å². The van der Waals surface area contributed by atoms with Gasteiger partial charge in [0.2, 0.25) is 0 Å². The molecular formula is C12H22O11. The van der Waals surface area contributed by atoms with Crippen molar-refractivity contribution >= 4 is 0 Å². The Kier molecular flexibility index (Phi) is 5.92. The van der Waals surface area contributed by atoms with Gasteiger partial charge in [-0.05, 0) is 0 Å². The van der Waals surface area contributed by atoms with E-state index in [0.29, 0.717) is 0 Å². The molecule has 9 N–H and O–H groups in total. The van der Waals surface area contributed by atoms with E-state index in [2.05, 4.69) is 0 Å². The lowest BCUT2D eigenvalue weighted by atomic mass is 9.84. The van der Waals surface area contributed by atoms with E-state index in [9.17, 15) is 40.9 Å². The van der Waals surface area contributed by atoms with Crippen LogP contribution in [0.2, 0.25) is 0 Å². The average molecular weight is 342 g/mol. The summed E-state index contributed by atoms with van der Waals surface area (Å²) in [6.45, 7) is -0.704. The van der Waals surface area contributed by atoms with E-state index in [0.717, 1.165) is 0 Å². The van der Waals surface area contributed by atoms with Crippen LogP contribution >= 0.6 is 0 Å². The molecule has 2 fully saturated rings. The number of hydrogen-bond acceptors (Lipinski definition) is 11. The van der Waals surface area contributed by atoms with Gasteiger partial charge in [-0.3, -0.25) is 0 Å². The van der Waals surface area contributed by atoms with Crippen molar-refractivity contribution in [1.82, 2.24) is 0 Å². The standard InChI is InChI=1S/C12H22O11/c13-1-2-3(14)4(15)10(21)12(22-2)23-11-8(19)6(17)5(16)7(18)9(11)20/h2-21H,1H2/t2-,3-,4+,5?,6?,7?,8?,9?,10-,11?,12?/m1/s1. The predicted octanol–water partition coefficient (Wildman–Crippen LogP) is -6.01. The van der Waals surface area contributed by atoms with E-state index >= 15 is 0 Å². The summed E-state index contributed by atoms with van der Waals surface area (Å²) in [5, 5.41) is 86.6. The van der Waals surface area contributed by atoms with Crippen molar-refractivity contribution in [3.63, 3.8) is 0 Å². The van der Waals surface area contributed by atoms with Gasteiger partial charge in [0.25, 0.3) is 0 Å². The van der Waals surface area contributed by atoms with Gasteiger partial charge in [0.15, 0.2) is 6.29 Å². The van der Waals surface area contributed by atoms with Gasteiger partial charge >= 0.3 is 0 Å². The van der Waals surface area contributed by atoms with Crippen molar-refractivity contribution in [2.24, 2.45) is 0 Å². The van der Waals surface area contributed by atoms with Crippen LogP contribution in [-0.4, -0.2) is 120 Å². The predicted molar refractivity (Wildman–Crippen MR) is 68.7 cm³/mol. The van der Waals surface area contributed by atoms with Crippen LogP contribution in [-0.2, 0) is 9.47 Å². The minimum atomic E-state index is -1.83. The summed E-state index contributed by atoms with van der Waals surface area (Å²) in [6, 6.07) is 0. The molecule has 11 nitrogen and oxygen atoms in total. The SMILES string of the molecule is OC[C@H]1OC(OC2C(O)C(O)C(O)C(O)C2O)[C@H](O)[C@@H](O)[C@@H]1O. The first-order chi connectivity index (χ1) is 10.7. The van der Waals surface area contributed by atoms with E-state index in [1.165, 1.54) is 0 Å². The molecule has 5 unspecified atom stereocenters. The number of aliphatic hydroxyl groups excluding tert-OH is 9. The molecule has 9 atom stereocenters. The van der Waals surface area contributed by atoms with Gasteiger partial charge < -0.3 is 55.4 Å². The molecule has 0 aromatic carbocycles. The highest BCUT2D eigenvalue weighted by molar-refractivity contribution is 5.00. The van der Waals surface area contributed by atoms with Crippen molar-refractivity contribution in [3.05, 3.63) is 0 Å². The Morgan fingerprint density at radius 3 is 1.52 bits per heavy atom. The Morgan fingerprint density at radius 2 is 1.04 bits per heavy atom. The highest BCUT2D eigenvalue weighted by Gasteiger charge is 2.52. The molecule has 0 aromatic heterocycles. The number of rotatable bonds is 3. The maximum atomic E-state index is 9.85. The van der Waals surface area contributed by atoms with Crippen LogP contribution in [0, 0.1) is 0 Å². The van der Waals surface area contributed by atoms with Crippen molar-refractivity contribution in [3.8, 4) is 0 Å². The minimum absolute atomic E-state index is 0.704. The van der Waals surface area contributed by atoms with Gasteiger partial charge in [-0.15, -0.1) is 0 Å². The molecule has 0 aromatic rings.